The molecule has 0 radical (unpaired) electrons. The molecule has 0 aliphatic heterocycles. The number of nitrogen functional groups attached to an aromatic ring is 1. The van der Waals surface area contributed by atoms with Crippen molar-refractivity contribution in [1.82, 2.24) is 4.98 Å². The second kappa shape index (κ2) is 3.19. The van der Waals surface area contributed by atoms with Crippen molar-refractivity contribution in [3.05, 3.63) is 22.3 Å². The molecule has 5 heteroatoms. The molecule has 11 heavy (non-hydrogen) atoms. The highest BCUT2D eigenvalue weighted by Gasteiger charge is 2.04. The van der Waals surface area contributed by atoms with Crippen molar-refractivity contribution < 1.29 is 4.79 Å². The molecule has 0 unspecified atom stereocenters. The Morgan fingerprint density at radius 1 is 1.73 bits per heavy atom. The third-order valence-corrected chi connectivity index (χ3v) is 1.95. The number of anilines is 1. The van der Waals surface area contributed by atoms with Gasteiger partial charge < -0.3 is 5.73 Å². The highest BCUT2D eigenvalue weighted by atomic mass is 79.9. The number of hydrogen-bond acceptors (Lipinski definition) is 3. The molecule has 0 aliphatic carbocycles. The monoisotopic (exact) mass is 234 g/mol. The summed E-state index contributed by atoms with van der Waals surface area (Å²) in [5, 5.41) is -0.543. The largest absolute Gasteiger partial charge is 0.383 e. The van der Waals surface area contributed by atoms with E-state index in [1.54, 1.807) is 0 Å². The lowest BCUT2D eigenvalue weighted by atomic mass is 10.3. The minimum atomic E-state index is -0.543. The lowest BCUT2D eigenvalue weighted by molar-refractivity contribution is 0.108. The van der Waals surface area contributed by atoms with Crippen LogP contribution in [0.4, 0.5) is 5.82 Å². The maximum Gasteiger partial charge on any atom is 0.253 e. The summed E-state index contributed by atoms with van der Waals surface area (Å²) >= 11 is 8.30. The van der Waals surface area contributed by atoms with Crippen molar-refractivity contribution in [1.29, 1.82) is 0 Å². The number of rotatable bonds is 1. The van der Waals surface area contributed by atoms with Crippen molar-refractivity contribution >= 4 is 38.6 Å². The van der Waals surface area contributed by atoms with Crippen LogP contribution >= 0.6 is 27.5 Å². The van der Waals surface area contributed by atoms with Gasteiger partial charge in [-0.05, 0) is 33.6 Å². The lowest BCUT2D eigenvalue weighted by Gasteiger charge is -1.97. The Balaban J connectivity index is 3.15. The van der Waals surface area contributed by atoms with Crippen LogP contribution in [-0.2, 0) is 0 Å². The predicted octanol–water partition coefficient (Wildman–Crippen LogP) is 1.81. The van der Waals surface area contributed by atoms with Gasteiger partial charge in [0.1, 0.15) is 5.82 Å². The van der Waals surface area contributed by atoms with Crippen molar-refractivity contribution in [3.63, 3.8) is 0 Å². The number of nitrogens with two attached hydrogens (primary N) is 1. The zero-order valence-electron chi connectivity index (χ0n) is 5.34. The maximum atomic E-state index is 10.6. The predicted molar refractivity (Wildman–Crippen MR) is 46.5 cm³/mol. The second-order valence-corrected chi connectivity index (χ2v) is 3.06. The van der Waals surface area contributed by atoms with E-state index >= 15 is 0 Å². The second-order valence-electron chi connectivity index (χ2n) is 1.86. The lowest BCUT2D eigenvalue weighted by Crippen LogP contribution is -1.95. The average Bonchev–Trinajstić information content (AvgIpc) is 1.94. The smallest absolute Gasteiger partial charge is 0.253 e. The van der Waals surface area contributed by atoms with Crippen LogP contribution in [0.1, 0.15) is 10.4 Å². The van der Waals surface area contributed by atoms with E-state index in [0.717, 1.165) is 0 Å². The fraction of sp³-hybridized carbons (Fsp3) is 0. The Kier molecular flexibility index (Phi) is 2.46. The number of pyridine rings is 1. The first kappa shape index (κ1) is 8.49. The van der Waals surface area contributed by atoms with Crippen molar-refractivity contribution in [2.24, 2.45) is 0 Å². The van der Waals surface area contributed by atoms with Crippen molar-refractivity contribution in [2.45, 2.75) is 0 Å². The van der Waals surface area contributed by atoms with Gasteiger partial charge in [-0.25, -0.2) is 4.98 Å². The molecule has 58 valence electrons. The standard InChI is InChI=1S/C6H4BrClN2O/c7-4-1-3(5(8)11)2-10-6(4)9/h1-2H,(H2,9,10). The number of nitrogens with zero attached hydrogens (tertiary/aromatic N) is 1. The third kappa shape index (κ3) is 1.91. The third-order valence-electron chi connectivity index (χ3n) is 1.10. The van der Waals surface area contributed by atoms with E-state index in [1.165, 1.54) is 12.3 Å². The molecular formula is C6H4BrClN2O. The van der Waals surface area contributed by atoms with E-state index in [1.807, 2.05) is 0 Å². The van der Waals surface area contributed by atoms with Crippen LogP contribution in [0.5, 0.6) is 0 Å². The van der Waals surface area contributed by atoms with Gasteiger partial charge in [0, 0.05) is 6.20 Å². The fourth-order valence-corrected chi connectivity index (χ4v) is 1.01. The molecule has 1 heterocycles. The van der Waals surface area contributed by atoms with Crippen molar-refractivity contribution in [2.75, 3.05) is 5.73 Å². The van der Waals surface area contributed by atoms with Gasteiger partial charge in [-0.1, -0.05) is 0 Å². The first-order valence-corrected chi connectivity index (χ1v) is 3.89. The normalized spacial score (nSPS) is 9.64. The van der Waals surface area contributed by atoms with Crippen molar-refractivity contribution in [3.8, 4) is 0 Å². The summed E-state index contributed by atoms with van der Waals surface area (Å²) in [7, 11) is 0. The van der Waals surface area contributed by atoms with Gasteiger partial charge in [-0.15, -0.1) is 0 Å². The van der Waals surface area contributed by atoms with Gasteiger partial charge in [-0.2, -0.15) is 0 Å². The summed E-state index contributed by atoms with van der Waals surface area (Å²) in [5.74, 6) is 0.340. The molecule has 0 atom stereocenters. The van der Waals surface area contributed by atoms with Crippen LogP contribution < -0.4 is 5.73 Å². The van der Waals surface area contributed by atoms with E-state index in [4.69, 9.17) is 17.3 Å². The Hall–Kier alpha value is -0.610. The van der Waals surface area contributed by atoms with E-state index in [2.05, 4.69) is 20.9 Å². The molecule has 0 amide bonds. The molecule has 0 bridgehead atoms. The van der Waals surface area contributed by atoms with Crippen LogP contribution in [0.2, 0.25) is 0 Å². The van der Waals surface area contributed by atoms with Gasteiger partial charge in [0.25, 0.3) is 5.24 Å². The SMILES string of the molecule is Nc1ncc(C(=O)Cl)cc1Br. The number of carbonyl (C=O) groups is 1. The maximum absolute atomic E-state index is 10.6. The molecule has 0 aliphatic rings. The fourth-order valence-electron chi connectivity index (χ4n) is 0.556. The number of carbonyl (C=O) groups excluding carboxylic acids is 1. The first-order chi connectivity index (χ1) is 5.11. The van der Waals surface area contributed by atoms with Crippen LogP contribution in [0, 0.1) is 0 Å². The summed E-state index contributed by atoms with van der Waals surface area (Å²) in [5.41, 5.74) is 5.70. The zero-order chi connectivity index (χ0) is 8.43. The quantitative estimate of drug-likeness (QED) is 0.755. The van der Waals surface area contributed by atoms with Gasteiger partial charge >= 0.3 is 0 Å². The molecule has 1 rings (SSSR count). The molecule has 0 fully saturated rings. The van der Waals surface area contributed by atoms with Crippen LogP contribution in [0.15, 0.2) is 16.7 Å². The number of hydrogen-bond donors (Lipinski definition) is 1. The average molecular weight is 235 g/mol. The van der Waals surface area contributed by atoms with E-state index in [-0.39, 0.29) is 0 Å². The summed E-state index contributed by atoms with van der Waals surface area (Å²) in [6.45, 7) is 0. The molecule has 1 aromatic heterocycles. The van der Waals surface area contributed by atoms with E-state index in [0.29, 0.717) is 15.9 Å². The molecule has 0 aromatic carbocycles. The van der Waals surface area contributed by atoms with Gasteiger partial charge in [0.05, 0.1) is 10.0 Å². The molecule has 0 saturated heterocycles. The minimum Gasteiger partial charge on any atom is -0.383 e. The Morgan fingerprint density at radius 2 is 2.36 bits per heavy atom. The minimum absolute atomic E-state index is 0.327. The van der Waals surface area contributed by atoms with E-state index in [9.17, 15) is 4.79 Å². The summed E-state index contributed by atoms with van der Waals surface area (Å²) < 4.78 is 0.573. The molecule has 2 N–H and O–H groups in total. The van der Waals surface area contributed by atoms with Gasteiger partial charge in [0.2, 0.25) is 0 Å². The highest BCUT2D eigenvalue weighted by molar-refractivity contribution is 9.10. The molecule has 3 nitrogen and oxygen atoms in total. The zero-order valence-corrected chi connectivity index (χ0v) is 7.69. The van der Waals surface area contributed by atoms with E-state index < -0.39 is 5.24 Å². The topological polar surface area (TPSA) is 56.0 Å². The molecule has 1 aromatic rings. The first-order valence-electron chi connectivity index (χ1n) is 2.72. The Labute approximate surface area is 76.7 Å². The number of halogens is 2. The number of aromatic nitrogens is 1. The summed E-state index contributed by atoms with van der Waals surface area (Å²) in [6.07, 6.45) is 1.33. The highest BCUT2D eigenvalue weighted by Crippen LogP contribution is 2.18. The van der Waals surface area contributed by atoms with Crippen LogP contribution in [0.3, 0.4) is 0 Å². The van der Waals surface area contributed by atoms with Gasteiger partial charge in [0.15, 0.2) is 0 Å². The molecular weight excluding hydrogens is 231 g/mol. The molecule has 0 saturated carbocycles. The molecule has 0 spiro atoms. The summed E-state index contributed by atoms with van der Waals surface area (Å²) in [6, 6.07) is 1.53. The summed E-state index contributed by atoms with van der Waals surface area (Å²) in [4.78, 5) is 14.3. The van der Waals surface area contributed by atoms with Gasteiger partial charge in [-0.3, -0.25) is 4.79 Å². The Morgan fingerprint density at radius 3 is 2.82 bits per heavy atom. The van der Waals surface area contributed by atoms with Crippen LogP contribution in [0.25, 0.3) is 0 Å². The van der Waals surface area contributed by atoms with Crippen LogP contribution in [-0.4, -0.2) is 10.2 Å². The Bertz CT molecular complexity index is 303.